The number of hydrogen-bond donors (Lipinski definition) is 2. The normalized spacial score (nSPS) is 18.0. The highest BCUT2D eigenvalue weighted by molar-refractivity contribution is 7.92. The second-order valence-electron chi connectivity index (χ2n) is 5.13. The molecule has 0 aliphatic carbocycles. The first-order chi connectivity index (χ1) is 11.0. The quantitative estimate of drug-likeness (QED) is 0.837. The zero-order valence-electron chi connectivity index (χ0n) is 12.2. The van der Waals surface area contributed by atoms with Crippen molar-refractivity contribution in [1.29, 1.82) is 0 Å². The average molecular weight is 341 g/mol. The molecule has 1 atom stereocenters. The number of halogens is 1. The zero-order chi connectivity index (χ0) is 16.3. The largest absolute Gasteiger partial charge is 0.489 e. The predicted molar refractivity (Wildman–Crippen MR) is 80.3 cm³/mol. The SMILES string of the molecule is O=S(=O)(Nc1cc(F)ccc1OCC1CCCO1)c1cn[nH]c1. The lowest BCUT2D eigenvalue weighted by atomic mass is 10.2. The molecule has 2 N–H and O–H groups in total. The number of hydrogen-bond acceptors (Lipinski definition) is 5. The molecule has 23 heavy (non-hydrogen) atoms. The van der Waals surface area contributed by atoms with E-state index in [0.29, 0.717) is 6.61 Å². The molecule has 9 heteroatoms. The summed E-state index contributed by atoms with van der Waals surface area (Å²) in [5, 5.41) is 6.01. The van der Waals surface area contributed by atoms with Crippen molar-refractivity contribution in [2.24, 2.45) is 0 Å². The summed E-state index contributed by atoms with van der Waals surface area (Å²) in [6, 6.07) is 3.67. The molecule has 1 unspecified atom stereocenters. The molecular weight excluding hydrogens is 325 g/mol. The van der Waals surface area contributed by atoms with Crippen LogP contribution in [0.15, 0.2) is 35.5 Å². The average Bonchev–Trinajstić information content (AvgIpc) is 3.20. The minimum atomic E-state index is -3.87. The van der Waals surface area contributed by atoms with Gasteiger partial charge in [0.05, 0.1) is 18.0 Å². The van der Waals surface area contributed by atoms with Crippen LogP contribution in [0.5, 0.6) is 5.75 Å². The number of rotatable bonds is 6. The third-order valence-electron chi connectivity index (χ3n) is 3.42. The molecule has 1 aromatic heterocycles. The molecule has 7 nitrogen and oxygen atoms in total. The van der Waals surface area contributed by atoms with Crippen molar-refractivity contribution >= 4 is 15.7 Å². The Morgan fingerprint density at radius 3 is 3.04 bits per heavy atom. The van der Waals surface area contributed by atoms with E-state index >= 15 is 0 Å². The van der Waals surface area contributed by atoms with Gasteiger partial charge in [-0.1, -0.05) is 0 Å². The predicted octanol–water partition coefficient (Wildman–Crippen LogP) is 1.91. The van der Waals surface area contributed by atoms with Crippen LogP contribution in [0.3, 0.4) is 0 Å². The number of anilines is 1. The summed E-state index contributed by atoms with van der Waals surface area (Å²) in [6.45, 7) is 0.976. The zero-order valence-corrected chi connectivity index (χ0v) is 13.0. The molecule has 1 fully saturated rings. The fourth-order valence-electron chi connectivity index (χ4n) is 2.26. The molecule has 1 aliphatic rings. The number of aromatic nitrogens is 2. The third kappa shape index (κ3) is 3.80. The van der Waals surface area contributed by atoms with Crippen molar-refractivity contribution < 1.29 is 22.3 Å². The van der Waals surface area contributed by atoms with Crippen molar-refractivity contribution in [2.45, 2.75) is 23.8 Å². The van der Waals surface area contributed by atoms with Gasteiger partial charge in [-0.25, -0.2) is 12.8 Å². The standard InChI is InChI=1S/C14H16FN3O4S/c15-10-3-4-14(22-9-11-2-1-5-21-11)13(6-10)18-23(19,20)12-7-16-17-8-12/h3-4,6-8,11,18H,1-2,5,9H2,(H,16,17). The van der Waals surface area contributed by atoms with Gasteiger partial charge < -0.3 is 9.47 Å². The van der Waals surface area contributed by atoms with Crippen LogP contribution in [0, 0.1) is 5.82 Å². The van der Waals surface area contributed by atoms with Crippen LogP contribution in [0.1, 0.15) is 12.8 Å². The molecule has 2 aromatic rings. The van der Waals surface area contributed by atoms with Crippen molar-refractivity contribution in [3.63, 3.8) is 0 Å². The summed E-state index contributed by atoms with van der Waals surface area (Å²) >= 11 is 0. The highest BCUT2D eigenvalue weighted by Gasteiger charge is 2.20. The Kier molecular flexibility index (Phi) is 4.49. The molecule has 1 aliphatic heterocycles. The second-order valence-corrected chi connectivity index (χ2v) is 6.81. The van der Waals surface area contributed by atoms with Crippen LogP contribution in [0.2, 0.25) is 0 Å². The minimum Gasteiger partial charge on any atom is -0.489 e. The maximum absolute atomic E-state index is 13.5. The molecule has 0 radical (unpaired) electrons. The molecule has 0 amide bonds. The lowest BCUT2D eigenvalue weighted by Gasteiger charge is -2.15. The highest BCUT2D eigenvalue weighted by Crippen LogP contribution is 2.28. The van der Waals surface area contributed by atoms with E-state index in [0.717, 1.165) is 25.1 Å². The first kappa shape index (κ1) is 15.8. The molecular formula is C14H16FN3O4S. The summed E-state index contributed by atoms with van der Waals surface area (Å²) in [7, 11) is -3.87. The first-order valence-electron chi connectivity index (χ1n) is 7.10. The van der Waals surface area contributed by atoms with Crippen molar-refractivity contribution in [3.8, 4) is 5.75 Å². The van der Waals surface area contributed by atoms with Crippen LogP contribution in [-0.2, 0) is 14.8 Å². The van der Waals surface area contributed by atoms with E-state index in [1.54, 1.807) is 0 Å². The molecule has 2 heterocycles. The monoisotopic (exact) mass is 341 g/mol. The van der Waals surface area contributed by atoms with E-state index in [-0.39, 0.29) is 29.0 Å². The number of nitrogens with zero attached hydrogens (tertiary/aromatic N) is 1. The van der Waals surface area contributed by atoms with Crippen LogP contribution >= 0.6 is 0 Å². The van der Waals surface area contributed by atoms with E-state index in [1.807, 2.05) is 0 Å². The van der Waals surface area contributed by atoms with Crippen LogP contribution in [0.4, 0.5) is 10.1 Å². The summed E-state index contributed by atoms with van der Waals surface area (Å²) in [5.41, 5.74) is 0.0317. The van der Waals surface area contributed by atoms with Gasteiger partial charge in [-0.05, 0) is 25.0 Å². The molecule has 1 aromatic carbocycles. The lowest BCUT2D eigenvalue weighted by Crippen LogP contribution is -2.18. The summed E-state index contributed by atoms with van der Waals surface area (Å²) in [6.07, 6.45) is 4.22. The van der Waals surface area contributed by atoms with Crippen molar-refractivity contribution in [2.75, 3.05) is 17.9 Å². The Hall–Kier alpha value is -2.13. The fourth-order valence-corrected chi connectivity index (χ4v) is 3.22. The number of ether oxygens (including phenoxy) is 2. The summed E-state index contributed by atoms with van der Waals surface area (Å²) < 4.78 is 51.3. The molecule has 0 spiro atoms. The van der Waals surface area contributed by atoms with E-state index in [9.17, 15) is 12.8 Å². The van der Waals surface area contributed by atoms with Gasteiger partial charge in [-0.3, -0.25) is 9.82 Å². The molecule has 0 bridgehead atoms. The topological polar surface area (TPSA) is 93.3 Å². The van der Waals surface area contributed by atoms with E-state index in [4.69, 9.17) is 9.47 Å². The Morgan fingerprint density at radius 1 is 1.48 bits per heavy atom. The Balaban J connectivity index is 1.78. The molecule has 1 saturated heterocycles. The van der Waals surface area contributed by atoms with Gasteiger partial charge in [0.15, 0.2) is 0 Å². The Morgan fingerprint density at radius 2 is 2.35 bits per heavy atom. The number of benzene rings is 1. The summed E-state index contributed by atoms with van der Waals surface area (Å²) in [4.78, 5) is -0.0492. The maximum atomic E-state index is 13.5. The van der Waals surface area contributed by atoms with Crippen LogP contribution in [0.25, 0.3) is 0 Å². The van der Waals surface area contributed by atoms with E-state index < -0.39 is 15.8 Å². The van der Waals surface area contributed by atoms with Gasteiger partial charge in [0.2, 0.25) is 0 Å². The second kappa shape index (κ2) is 6.55. The third-order valence-corrected chi connectivity index (χ3v) is 4.75. The summed E-state index contributed by atoms with van der Waals surface area (Å²) in [5.74, 6) is -0.326. The van der Waals surface area contributed by atoms with Gasteiger partial charge in [-0.2, -0.15) is 5.10 Å². The van der Waals surface area contributed by atoms with E-state index in [2.05, 4.69) is 14.9 Å². The maximum Gasteiger partial charge on any atom is 0.265 e. The lowest BCUT2D eigenvalue weighted by molar-refractivity contribution is 0.0682. The van der Waals surface area contributed by atoms with Crippen LogP contribution < -0.4 is 9.46 Å². The first-order valence-corrected chi connectivity index (χ1v) is 8.58. The van der Waals surface area contributed by atoms with Gasteiger partial charge >= 0.3 is 0 Å². The van der Waals surface area contributed by atoms with Gasteiger partial charge in [0.1, 0.15) is 23.1 Å². The van der Waals surface area contributed by atoms with Gasteiger partial charge in [0, 0.05) is 18.9 Å². The van der Waals surface area contributed by atoms with Gasteiger partial charge in [-0.15, -0.1) is 0 Å². The minimum absolute atomic E-state index is 0.0293. The van der Waals surface area contributed by atoms with Crippen molar-refractivity contribution in [1.82, 2.24) is 10.2 Å². The molecule has 0 saturated carbocycles. The Bertz CT molecular complexity index is 758. The van der Waals surface area contributed by atoms with Gasteiger partial charge in [0.25, 0.3) is 10.0 Å². The highest BCUT2D eigenvalue weighted by atomic mass is 32.2. The number of H-pyrrole nitrogens is 1. The Labute approximate surface area is 132 Å². The fraction of sp³-hybridized carbons (Fsp3) is 0.357. The number of nitrogens with one attached hydrogen (secondary N) is 2. The van der Waals surface area contributed by atoms with Crippen molar-refractivity contribution in [3.05, 3.63) is 36.4 Å². The smallest absolute Gasteiger partial charge is 0.265 e. The van der Waals surface area contributed by atoms with E-state index in [1.165, 1.54) is 18.3 Å². The number of aromatic amines is 1. The van der Waals surface area contributed by atoms with Crippen LogP contribution in [-0.4, -0.2) is 37.9 Å². The molecule has 124 valence electrons. The number of sulfonamides is 1. The molecule has 3 rings (SSSR count).